The molecule has 0 unspecified atom stereocenters. The first kappa shape index (κ1) is 32.6. The maximum absolute atomic E-state index is 2.48. The van der Waals surface area contributed by atoms with Crippen LogP contribution in [0.5, 0.6) is 0 Å². The summed E-state index contributed by atoms with van der Waals surface area (Å²) in [6.07, 6.45) is 9.12. The molecule has 1 aliphatic rings. The zero-order valence-electron chi connectivity index (χ0n) is 28.9. The Morgan fingerprint density at radius 1 is 0.556 bits per heavy atom. The predicted octanol–water partition coefficient (Wildman–Crippen LogP) is 12.3. The Balaban J connectivity index is 1.49. The van der Waals surface area contributed by atoms with Crippen molar-refractivity contribution >= 4 is 11.4 Å². The molecule has 45 heavy (non-hydrogen) atoms. The van der Waals surface area contributed by atoms with Crippen LogP contribution in [0.15, 0.2) is 133 Å². The van der Waals surface area contributed by atoms with E-state index >= 15 is 0 Å². The van der Waals surface area contributed by atoms with Crippen LogP contribution >= 0.6 is 0 Å². The Hall–Kier alpha value is -3.84. The smallest absolute Gasteiger partial charge is 0.0458 e. The van der Waals surface area contributed by atoms with Crippen molar-refractivity contribution in [2.24, 2.45) is 11.3 Å². The molecule has 0 saturated heterocycles. The molecular weight excluding hydrogens is 542 g/mol. The van der Waals surface area contributed by atoms with Gasteiger partial charge in [-0.1, -0.05) is 152 Å². The van der Waals surface area contributed by atoms with Crippen molar-refractivity contribution in [3.63, 3.8) is 0 Å². The van der Waals surface area contributed by atoms with Crippen LogP contribution in [0.25, 0.3) is 0 Å². The number of rotatable bonds is 11. The van der Waals surface area contributed by atoms with E-state index in [0.717, 1.165) is 19.3 Å². The lowest BCUT2D eigenvalue weighted by atomic mass is 9.74. The van der Waals surface area contributed by atoms with Gasteiger partial charge in [0.05, 0.1) is 0 Å². The highest BCUT2D eigenvalue weighted by molar-refractivity contribution is 5.70. The average molecular weight is 596 g/mol. The van der Waals surface area contributed by atoms with Crippen molar-refractivity contribution in [3.05, 3.63) is 155 Å². The van der Waals surface area contributed by atoms with Crippen LogP contribution < -0.4 is 4.90 Å². The van der Waals surface area contributed by atoms with Crippen molar-refractivity contribution in [3.8, 4) is 0 Å². The standard InChI is InChI=1S/C44H53N/c1-33(2)31-42(3,4)32-34-19-25-39(26-20-34)45(40-27-21-37(22-28-40)43(5,6)35-15-11-9-12-16-35)41-29-23-38(24-30-41)44(7,8)36-17-13-10-14-18-36/h9-23,25-29,33H,24,30-32H2,1-8H3. The van der Waals surface area contributed by atoms with Gasteiger partial charge in [-0.15, -0.1) is 0 Å². The number of hydrogen-bond acceptors (Lipinski definition) is 1. The summed E-state index contributed by atoms with van der Waals surface area (Å²) in [6, 6.07) is 40.4. The zero-order chi connectivity index (χ0) is 32.2. The normalized spacial score (nSPS) is 14.2. The van der Waals surface area contributed by atoms with Gasteiger partial charge in [0, 0.05) is 27.9 Å². The molecule has 0 bridgehead atoms. The minimum absolute atomic E-state index is 0.00320. The van der Waals surface area contributed by atoms with Gasteiger partial charge in [-0.3, -0.25) is 0 Å². The van der Waals surface area contributed by atoms with Gasteiger partial charge in [0.2, 0.25) is 0 Å². The van der Waals surface area contributed by atoms with Crippen molar-refractivity contribution in [2.45, 2.75) is 91.9 Å². The number of anilines is 2. The van der Waals surface area contributed by atoms with Crippen LogP contribution in [-0.2, 0) is 17.3 Å². The van der Waals surface area contributed by atoms with E-state index in [1.807, 2.05) is 0 Å². The first-order valence-electron chi connectivity index (χ1n) is 16.9. The molecule has 1 aliphatic carbocycles. The van der Waals surface area contributed by atoms with Gasteiger partial charge in [0.25, 0.3) is 0 Å². The lowest BCUT2D eigenvalue weighted by Gasteiger charge is -2.35. The van der Waals surface area contributed by atoms with E-state index in [0.29, 0.717) is 5.92 Å². The minimum atomic E-state index is -0.0696. The number of allylic oxidation sites excluding steroid dienone is 4. The van der Waals surface area contributed by atoms with Gasteiger partial charge in [-0.05, 0) is 89.6 Å². The van der Waals surface area contributed by atoms with E-state index in [2.05, 4.69) is 182 Å². The van der Waals surface area contributed by atoms with E-state index in [4.69, 9.17) is 0 Å². The number of hydrogen-bond donors (Lipinski definition) is 0. The summed E-state index contributed by atoms with van der Waals surface area (Å²) >= 11 is 0. The van der Waals surface area contributed by atoms with Gasteiger partial charge in [-0.25, -0.2) is 0 Å². The molecule has 0 aliphatic heterocycles. The fourth-order valence-electron chi connectivity index (χ4n) is 7.40. The molecule has 0 amide bonds. The molecule has 1 heteroatoms. The largest absolute Gasteiger partial charge is 0.314 e. The minimum Gasteiger partial charge on any atom is -0.314 e. The Morgan fingerprint density at radius 2 is 1.04 bits per heavy atom. The van der Waals surface area contributed by atoms with Gasteiger partial charge in [0.15, 0.2) is 0 Å². The summed E-state index contributed by atoms with van der Waals surface area (Å²) in [5.41, 5.74) is 10.9. The van der Waals surface area contributed by atoms with E-state index in [9.17, 15) is 0 Å². The van der Waals surface area contributed by atoms with Crippen molar-refractivity contribution in [1.82, 2.24) is 0 Å². The highest BCUT2D eigenvalue weighted by Crippen LogP contribution is 2.41. The van der Waals surface area contributed by atoms with E-state index in [1.54, 1.807) is 0 Å². The summed E-state index contributed by atoms with van der Waals surface area (Å²) in [7, 11) is 0. The lowest BCUT2D eigenvalue weighted by molar-refractivity contribution is 0.285. The first-order chi connectivity index (χ1) is 21.4. The van der Waals surface area contributed by atoms with Gasteiger partial charge in [-0.2, -0.15) is 0 Å². The van der Waals surface area contributed by atoms with Crippen LogP contribution in [0.1, 0.15) is 96.9 Å². The van der Waals surface area contributed by atoms with Crippen LogP contribution in [-0.4, -0.2) is 0 Å². The molecule has 0 aromatic heterocycles. The van der Waals surface area contributed by atoms with E-state index in [-0.39, 0.29) is 16.2 Å². The van der Waals surface area contributed by atoms with Crippen molar-refractivity contribution < 1.29 is 0 Å². The third kappa shape index (κ3) is 7.52. The fraction of sp³-hybridized carbons (Fsp3) is 0.364. The number of nitrogens with zero attached hydrogens (tertiary/aromatic N) is 1. The molecule has 0 heterocycles. The van der Waals surface area contributed by atoms with Crippen molar-refractivity contribution in [1.29, 1.82) is 0 Å². The summed E-state index contributed by atoms with van der Waals surface area (Å²) in [5.74, 6) is 0.702. The third-order valence-electron chi connectivity index (χ3n) is 9.89. The van der Waals surface area contributed by atoms with Crippen molar-refractivity contribution in [2.75, 3.05) is 4.90 Å². The topological polar surface area (TPSA) is 3.24 Å². The molecule has 0 radical (unpaired) electrons. The quantitative estimate of drug-likeness (QED) is 0.167. The first-order valence-corrected chi connectivity index (χ1v) is 16.9. The highest BCUT2D eigenvalue weighted by atomic mass is 15.1. The molecule has 0 atom stereocenters. The Bertz CT molecular complexity index is 1600. The molecule has 5 rings (SSSR count). The van der Waals surface area contributed by atoms with Gasteiger partial charge >= 0.3 is 0 Å². The molecule has 0 fully saturated rings. The zero-order valence-corrected chi connectivity index (χ0v) is 28.9. The van der Waals surface area contributed by atoms with E-state index < -0.39 is 0 Å². The maximum Gasteiger partial charge on any atom is 0.0458 e. The molecule has 234 valence electrons. The Morgan fingerprint density at radius 3 is 1.53 bits per heavy atom. The van der Waals surface area contributed by atoms with Crippen LogP contribution in [0.2, 0.25) is 0 Å². The molecule has 0 N–H and O–H groups in total. The van der Waals surface area contributed by atoms with Crippen LogP contribution in [0, 0.1) is 11.3 Å². The van der Waals surface area contributed by atoms with Gasteiger partial charge in [0.1, 0.15) is 0 Å². The predicted molar refractivity (Wildman–Crippen MR) is 195 cm³/mol. The second-order valence-corrected chi connectivity index (χ2v) is 15.3. The summed E-state index contributed by atoms with van der Waals surface area (Å²) in [5, 5.41) is 0. The van der Waals surface area contributed by atoms with Gasteiger partial charge < -0.3 is 4.90 Å². The second-order valence-electron chi connectivity index (χ2n) is 15.3. The summed E-state index contributed by atoms with van der Waals surface area (Å²) < 4.78 is 0. The lowest BCUT2D eigenvalue weighted by Crippen LogP contribution is -2.24. The maximum atomic E-state index is 2.48. The van der Waals surface area contributed by atoms with E-state index in [1.165, 1.54) is 51.3 Å². The summed E-state index contributed by atoms with van der Waals surface area (Å²) in [4.78, 5) is 2.48. The van der Waals surface area contributed by atoms with Crippen LogP contribution in [0.4, 0.5) is 11.4 Å². The molecule has 4 aromatic rings. The summed E-state index contributed by atoms with van der Waals surface area (Å²) in [6.45, 7) is 18.8. The average Bonchev–Trinajstić information content (AvgIpc) is 3.02. The molecule has 0 spiro atoms. The third-order valence-corrected chi connectivity index (χ3v) is 9.89. The number of benzene rings is 4. The SMILES string of the molecule is CC(C)CC(C)(C)Cc1ccc(N(C2=CC=C(C(C)(C)c3ccccc3)CC2)c2ccc(C(C)(C)c3ccccc3)cc2)cc1. The fourth-order valence-corrected chi connectivity index (χ4v) is 7.40. The van der Waals surface area contributed by atoms with Crippen LogP contribution in [0.3, 0.4) is 0 Å². The molecule has 1 nitrogen and oxygen atoms in total. The highest BCUT2D eigenvalue weighted by Gasteiger charge is 2.29. The Kier molecular flexibility index (Phi) is 9.59. The molecule has 0 saturated carbocycles. The molecular formula is C44H53N. The molecule has 4 aromatic carbocycles. The second kappa shape index (κ2) is 13.3. The Labute approximate surface area is 273 Å². The monoisotopic (exact) mass is 595 g/mol.